The van der Waals surface area contributed by atoms with Crippen molar-refractivity contribution in [2.45, 2.75) is 13.5 Å². The Hall–Kier alpha value is -3.30. The lowest BCUT2D eigenvalue weighted by Crippen LogP contribution is -2.31. The molecule has 30 heavy (non-hydrogen) atoms. The third-order valence-corrected chi connectivity index (χ3v) is 4.59. The molecule has 3 rings (SSSR count). The zero-order chi connectivity index (χ0) is 21.7. The molecule has 2 aromatic rings. The van der Waals surface area contributed by atoms with E-state index in [4.69, 9.17) is 13.9 Å². The first-order chi connectivity index (χ1) is 14.5. The van der Waals surface area contributed by atoms with E-state index in [0.717, 1.165) is 0 Å². The molecule has 0 atom stereocenters. The van der Waals surface area contributed by atoms with E-state index in [1.54, 1.807) is 30.3 Å². The molecule has 0 aliphatic carbocycles. The monoisotopic (exact) mass is 416 g/mol. The molecule has 9 nitrogen and oxygen atoms in total. The highest BCUT2D eigenvalue weighted by atomic mass is 16.5. The van der Waals surface area contributed by atoms with Gasteiger partial charge in [0, 0.05) is 12.1 Å². The van der Waals surface area contributed by atoms with Crippen LogP contribution in [0.15, 0.2) is 46.0 Å². The second-order valence-corrected chi connectivity index (χ2v) is 6.49. The topological polar surface area (TPSA) is 121 Å². The van der Waals surface area contributed by atoms with Crippen LogP contribution in [0, 0.1) is 0 Å². The highest BCUT2D eigenvalue weighted by molar-refractivity contribution is 6.08. The van der Waals surface area contributed by atoms with Crippen molar-refractivity contribution < 1.29 is 33.7 Å². The third-order valence-electron chi connectivity index (χ3n) is 4.59. The Bertz CT molecular complexity index is 964. The molecule has 0 radical (unpaired) electrons. The highest BCUT2D eigenvalue weighted by Gasteiger charge is 2.34. The number of aliphatic hydroxyl groups is 2. The van der Waals surface area contributed by atoms with Crippen LogP contribution < -0.4 is 10.1 Å². The maximum atomic E-state index is 12.8. The minimum absolute atomic E-state index is 0.0378. The number of anilines is 1. The van der Waals surface area contributed by atoms with Crippen LogP contribution in [0.4, 0.5) is 5.69 Å². The van der Waals surface area contributed by atoms with E-state index in [2.05, 4.69) is 5.32 Å². The molecule has 3 N–H and O–H groups in total. The smallest absolute Gasteiger partial charge is 0.337 e. The average Bonchev–Trinajstić information content (AvgIpc) is 3.35. The first kappa shape index (κ1) is 21.4. The molecule has 0 saturated heterocycles. The third kappa shape index (κ3) is 4.32. The first-order valence-electron chi connectivity index (χ1n) is 9.47. The van der Waals surface area contributed by atoms with Gasteiger partial charge in [-0.25, -0.2) is 4.79 Å². The average molecular weight is 416 g/mol. The van der Waals surface area contributed by atoms with Gasteiger partial charge < -0.3 is 34.3 Å². The molecule has 1 aromatic heterocycles. The van der Waals surface area contributed by atoms with Crippen LogP contribution in [-0.4, -0.2) is 60.4 Å². The fraction of sp³-hybridized carbons (Fsp3) is 0.333. The molecular formula is C21H24N2O7. The van der Waals surface area contributed by atoms with E-state index in [9.17, 15) is 19.8 Å². The lowest BCUT2D eigenvalue weighted by Gasteiger charge is -2.16. The first-order valence-corrected chi connectivity index (χ1v) is 9.47. The predicted octanol–water partition coefficient (Wildman–Crippen LogP) is 1.51. The van der Waals surface area contributed by atoms with Gasteiger partial charge in [0.2, 0.25) is 0 Å². The molecule has 1 amide bonds. The van der Waals surface area contributed by atoms with Crippen molar-refractivity contribution in [1.82, 2.24) is 4.90 Å². The number of methoxy groups -OCH3 is 1. The maximum absolute atomic E-state index is 12.8. The number of carbonyl (C=O) groups is 2. The van der Waals surface area contributed by atoms with Crippen molar-refractivity contribution in [3.63, 3.8) is 0 Å². The largest absolute Gasteiger partial charge is 0.492 e. The van der Waals surface area contributed by atoms with Crippen LogP contribution in [0.3, 0.4) is 0 Å². The van der Waals surface area contributed by atoms with Gasteiger partial charge in [0.25, 0.3) is 5.91 Å². The number of esters is 1. The number of amides is 1. The Labute approximate surface area is 173 Å². The van der Waals surface area contributed by atoms with Gasteiger partial charge in [-0.15, -0.1) is 0 Å². The summed E-state index contributed by atoms with van der Waals surface area (Å²) < 4.78 is 16.1. The van der Waals surface area contributed by atoms with Gasteiger partial charge in [0.1, 0.15) is 29.6 Å². The Morgan fingerprint density at radius 1 is 1.27 bits per heavy atom. The minimum atomic E-state index is -0.626. The number of hydrogen-bond acceptors (Lipinski definition) is 8. The van der Waals surface area contributed by atoms with E-state index in [1.807, 2.05) is 6.92 Å². The summed E-state index contributed by atoms with van der Waals surface area (Å²) in [6, 6.07) is 8.65. The number of aliphatic hydroxyl groups excluding tert-OH is 2. The van der Waals surface area contributed by atoms with Gasteiger partial charge in [0.05, 0.1) is 38.1 Å². The Morgan fingerprint density at radius 3 is 2.70 bits per heavy atom. The number of hydrogen-bond donors (Lipinski definition) is 3. The summed E-state index contributed by atoms with van der Waals surface area (Å²) in [6.07, 6.45) is 0. The Kier molecular flexibility index (Phi) is 6.76. The zero-order valence-corrected chi connectivity index (χ0v) is 16.8. The van der Waals surface area contributed by atoms with Crippen molar-refractivity contribution in [3.05, 3.63) is 47.4 Å². The summed E-state index contributed by atoms with van der Waals surface area (Å²) >= 11 is 0. The lowest BCUT2D eigenvalue weighted by atomic mass is 10.1. The summed E-state index contributed by atoms with van der Waals surface area (Å²) in [5.74, 6) is 0.402. The minimum Gasteiger partial charge on any atom is -0.492 e. The standard InChI is InChI=1S/C21H24N2O7/c1-3-29-18-6-4-13(17-7-5-14(12-25)30-17)10-16(18)22-19-15(21(27)28-2)11-23(8-9-24)20(19)26/h4-7,10,22,24-25H,3,8-9,11-12H2,1-2H3. The number of carbonyl (C=O) groups excluding carboxylic acids is 2. The van der Waals surface area contributed by atoms with Crippen LogP contribution in [0.25, 0.3) is 11.3 Å². The second kappa shape index (κ2) is 9.47. The summed E-state index contributed by atoms with van der Waals surface area (Å²) in [5, 5.41) is 21.4. The zero-order valence-electron chi connectivity index (χ0n) is 16.8. The number of rotatable bonds is 9. The summed E-state index contributed by atoms with van der Waals surface area (Å²) in [5.41, 5.74) is 1.40. The van der Waals surface area contributed by atoms with Crippen molar-refractivity contribution >= 4 is 17.6 Å². The molecule has 1 aliphatic rings. The van der Waals surface area contributed by atoms with Crippen molar-refractivity contribution in [2.24, 2.45) is 0 Å². The number of ether oxygens (including phenoxy) is 2. The Balaban J connectivity index is 2.00. The van der Waals surface area contributed by atoms with Gasteiger partial charge in [-0.3, -0.25) is 4.79 Å². The van der Waals surface area contributed by atoms with Crippen LogP contribution in [-0.2, 0) is 20.9 Å². The Morgan fingerprint density at radius 2 is 2.07 bits per heavy atom. The van der Waals surface area contributed by atoms with E-state index < -0.39 is 11.9 Å². The van der Waals surface area contributed by atoms with Gasteiger partial charge >= 0.3 is 5.97 Å². The van der Waals surface area contributed by atoms with E-state index in [-0.39, 0.29) is 37.6 Å². The fourth-order valence-electron chi connectivity index (χ4n) is 3.16. The molecule has 0 saturated carbocycles. The van der Waals surface area contributed by atoms with E-state index in [1.165, 1.54) is 12.0 Å². The molecule has 2 heterocycles. The van der Waals surface area contributed by atoms with Crippen molar-refractivity contribution in [1.29, 1.82) is 0 Å². The molecule has 0 fully saturated rings. The summed E-state index contributed by atoms with van der Waals surface area (Å²) in [4.78, 5) is 26.4. The number of nitrogens with zero attached hydrogens (tertiary/aromatic N) is 1. The predicted molar refractivity (Wildman–Crippen MR) is 108 cm³/mol. The SMILES string of the molecule is CCOc1ccc(-c2ccc(CO)o2)cc1NC1=C(C(=O)OC)CN(CCO)C1=O. The van der Waals surface area contributed by atoms with Gasteiger partial charge in [0.15, 0.2) is 0 Å². The lowest BCUT2D eigenvalue weighted by molar-refractivity contribution is -0.136. The maximum Gasteiger partial charge on any atom is 0.337 e. The van der Waals surface area contributed by atoms with Crippen molar-refractivity contribution in [2.75, 3.05) is 38.7 Å². The number of β-amino-alcohol motifs (C(OH)–C–C–N with tert-alkyl or cyclic N) is 1. The molecule has 0 bridgehead atoms. The molecule has 0 spiro atoms. The van der Waals surface area contributed by atoms with Crippen molar-refractivity contribution in [3.8, 4) is 17.1 Å². The number of furan rings is 1. The highest BCUT2D eigenvalue weighted by Crippen LogP contribution is 2.34. The molecule has 0 unspecified atom stereocenters. The normalized spacial score (nSPS) is 13.7. The fourth-order valence-corrected chi connectivity index (χ4v) is 3.16. The van der Waals surface area contributed by atoms with E-state index >= 15 is 0 Å². The van der Waals surface area contributed by atoms with Crippen LogP contribution in [0.2, 0.25) is 0 Å². The number of nitrogens with one attached hydrogen (secondary N) is 1. The summed E-state index contributed by atoms with van der Waals surface area (Å²) in [7, 11) is 1.24. The van der Waals surface area contributed by atoms with E-state index in [0.29, 0.717) is 35.1 Å². The second-order valence-electron chi connectivity index (χ2n) is 6.49. The quantitative estimate of drug-likeness (QED) is 0.526. The number of benzene rings is 1. The van der Waals surface area contributed by atoms with Gasteiger partial charge in [-0.1, -0.05) is 0 Å². The molecule has 9 heteroatoms. The molecule has 1 aliphatic heterocycles. The molecular weight excluding hydrogens is 392 g/mol. The summed E-state index contributed by atoms with van der Waals surface area (Å²) in [6.45, 7) is 1.93. The van der Waals surface area contributed by atoms with Gasteiger partial charge in [-0.2, -0.15) is 0 Å². The molecule has 160 valence electrons. The van der Waals surface area contributed by atoms with Gasteiger partial charge in [-0.05, 0) is 37.3 Å². The van der Waals surface area contributed by atoms with Crippen LogP contribution in [0.1, 0.15) is 12.7 Å². The molecule has 1 aromatic carbocycles. The van der Waals surface area contributed by atoms with Crippen LogP contribution >= 0.6 is 0 Å². The van der Waals surface area contributed by atoms with Crippen LogP contribution in [0.5, 0.6) is 5.75 Å².